The molecule has 0 aromatic heterocycles. The Bertz CT molecular complexity index is 410. The predicted octanol–water partition coefficient (Wildman–Crippen LogP) is 2.42. The molecule has 0 aliphatic rings. The summed E-state index contributed by atoms with van der Waals surface area (Å²) in [4.78, 5) is 0.382. The molecular formula is C9H11BrO2S. The summed E-state index contributed by atoms with van der Waals surface area (Å²) in [5, 5.41) is 0. The SMILES string of the molecule is CCc1cc(S(C)(=O)=O)ccc1Br. The molecule has 1 rings (SSSR count). The van der Waals surface area contributed by atoms with Crippen LogP contribution in [0.1, 0.15) is 12.5 Å². The van der Waals surface area contributed by atoms with Crippen molar-refractivity contribution in [2.24, 2.45) is 0 Å². The van der Waals surface area contributed by atoms with E-state index in [0.717, 1.165) is 16.5 Å². The van der Waals surface area contributed by atoms with E-state index in [0.29, 0.717) is 4.90 Å². The summed E-state index contributed by atoms with van der Waals surface area (Å²) in [7, 11) is -3.07. The van der Waals surface area contributed by atoms with Gasteiger partial charge in [-0.2, -0.15) is 0 Å². The average Bonchev–Trinajstić information content (AvgIpc) is 2.03. The van der Waals surface area contributed by atoms with Crippen LogP contribution in [0.15, 0.2) is 27.6 Å². The van der Waals surface area contributed by atoms with Gasteiger partial charge >= 0.3 is 0 Å². The Labute approximate surface area is 87.0 Å². The number of hydrogen-bond donors (Lipinski definition) is 0. The molecule has 1 aromatic rings. The lowest BCUT2D eigenvalue weighted by Crippen LogP contribution is -1.98. The van der Waals surface area contributed by atoms with Crippen LogP contribution in [0.5, 0.6) is 0 Å². The normalized spacial score (nSPS) is 11.6. The van der Waals surface area contributed by atoms with Gasteiger partial charge in [0.15, 0.2) is 9.84 Å². The fourth-order valence-corrected chi connectivity index (χ4v) is 2.25. The van der Waals surface area contributed by atoms with E-state index in [-0.39, 0.29) is 0 Å². The summed E-state index contributed by atoms with van der Waals surface area (Å²) in [5.41, 5.74) is 1.02. The van der Waals surface area contributed by atoms with Crippen molar-refractivity contribution < 1.29 is 8.42 Å². The molecule has 2 nitrogen and oxygen atoms in total. The summed E-state index contributed by atoms with van der Waals surface area (Å²) in [5.74, 6) is 0. The summed E-state index contributed by atoms with van der Waals surface area (Å²) in [6.45, 7) is 1.99. The second kappa shape index (κ2) is 3.80. The Hall–Kier alpha value is -0.350. The van der Waals surface area contributed by atoms with Gasteiger partial charge < -0.3 is 0 Å². The van der Waals surface area contributed by atoms with Gasteiger partial charge in [-0.3, -0.25) is 0 Å². The van der Waals surface area contributed by atoms with Crippen LogP contribution in [-0.4, -0.2) is 14.7 Å². The van der Waals surface area contributed by atoms with E-state index in [1.165, 1.54) is 6.26 Å². The standard InChI is InChI=1S/C9H11BrO2S/c1-3-7-6-8(13(2,11)12)4-5-9(7)10/h4-6H,3H2,1-2H3. The fourth-order valence-electron chi connectivity index (χ4n) is 1.05. The molecule has 0 atom stereocenters. The Kier molecular flexibility index (Phi) is 3.14. The van der Waals surface area contributed by atoms with E-state index in [2.05, 4.69) is 15.9 Å². The van der Waals surface area contributed by atoms with Gasteiger partial charge in [0.05, 0.1) is 4.90 Å². The van der Waals surface area contributed by atoms with E-state index in [9.17, 15) is 8.42 Å². The number of benzene rings is 1. The van der Waals surface area contributed by atoms with Gasteiger partial charge in [0.2, 0.25) is 0 Å². The highest BCUT2D eigenvalue weighted by molar-refractivity contribution is 9.10. The molecule has 0 saturated carbocycles. The van der Waals surface area contributed by atoms with Gasteiger partial charge in [-0.15, -0.1) is 0 Å². The Morgan fingerprint density at radius 1 is 1.38 bits per heavy atom. The largest absolute Gasteiger partial charge is 0.224 e. The molecule has 0 spiro atoms. The molecule has 1 aromatic carbocycles. The monoisotopic (exact) mass is 262 g/mol. The van der Waals surface area contributed by atoms with Gasteiger partial charge in [-0.25, -0.2) is 8.42 Å². The number of sulfone groups is 1. The molecule has 0 amide bonds. The van der Waals surface area contributed by atoms with Crippen molar-refractivity contribution in [3.8, 4) is 0 Å². The second-order valence-corrected chi connectivity index (χ2v) is 5.75. The van der Waals surface area contributed by atoms with Crippen LogP contribution in [0.4, 0.5) is 0 Å². The van der Waals surface area contributed by atoms with Crippen molar-refractivity contribution in [3.05, 3.63) is 28.2 Å². The molecule has 0 unspecified atom stereocenters. The third kappa shape index (κ3) is 2.54. The molecule has 13 heavy (non-hydrogen) atoms. The molecule has 0 N–H and O–H groups in total. The molecular weight excluding hydrogens is 252 g/mol. The molecule has 0 radical (unpaired) electrons. The van der Waals surface area contributed by atoms with E-state index >= 15 is 0 Å². The topological polar surface area (TPSA) is 34.1 Å². The van der Waals surface area contributed by atoms with Gasteiger partial charge in [0, 0.05) is 10.7 Å². The third-order valence-corrected chi connectivity index (χ3v) is 3.71. The molecule has 0 saturated heterocycles. The van der Waals surface area contributed by atoms with E-state index in [1.54, 1.807) is 18.2 Å². The van der Waals surface area contributed by atoms with Gasteiger partial charge in [0.25, 0.3) is 0 Å². The number of rotatable bonds is 2. The molecule has 0 bridgehead atoms. The van der Waals surface area contributed by atoms with Crippen LogP contribution < -0.4 is 0 Å². The number of hydrogen-bond acceptors (Lipinski definition) is 2. The molecule has 72 valence electrons. The highest BCUT2D eigenvalue weighted by Gasteiger charge is 2.08. The van der Waals surface area contributed by atoms with Crippen molar-refractivity contribution in [1.82, 2.24) is 0 Å². The first kappa shape index (κ1) is 10.7. The number of halogens is 1. The Morgan fingerprint density at radius 2 is 2.00 bits per heavy atom. The average molecular weight is 263 g/mol. The van der Waals surface area contributed by atoms with Crippen LogP contribution >= 0.6 is 15.9 Å². The van der Waals surface area contributed by atoms with Crippen molar-refractivity contribution in [1.29, 1.82) is 0 Å². The highest BCUT2D eigenvalue weighted by Crippen LogP contribution is 2.21. The van der Waals surface area contributed by atoms with E-state index < -0.39 is 9.84 Å². The van der Waals surface area contributed by atoms with Crippen LogP contribution in [0.3, 0.4) is 0 Å². The zero-order chi connectivity index (χ0) is 10.1. The first-order valence-electron chi connectivity index (χ1n) is 3.93. The maximum Gasteiger partial charge on any atom is 0.175 e. The zero-order valence-electron chi connectivity index (χ0n) is 7.54. The lowest BCUT2D eigenvalue weighted by Gasteiger charge is -2.03. The molecule has 0 aliphatic heterocycles. The summed E-state index contributed by atoms with van der Waals surface area (Å²) in [6.07, 6.45) is 2.04. The van der Waals surface area contributed by atoms with Gasteiger partial charge in [-0.1, -0.05) is 22.9 Å². The van der Waals surface area contributed by atoms with Gasteiger partial charge in [0.1, 0.15) is 0 Å². The highest BCUT2D eigenvalue weighted by atomic mass is 79.9. The first-order chi connectivity index (χ1) is 5.95. The summed E-state index contributed by atoms with van der Waals surface area (Å²) < 4.78 is 23.4. The molecule has 0 aliphatic carbocycles. The van der Waals surface area contributed by atoms with Crippen molar-refractivity contribution >= 4 is 25.8 Å². The van der Waals surface area contributed by atoms with E-state index in [1.807, 2.05) is 6.92 Å². The Balaban J connectivity index is 3.30. The lowest BCUT2D eigenvalue weighted by atomic mass is 10.2. The van der Waals surface area contributed by atoms with Crippen LogP contribution in [-0.2, 0) is 16.3 Å². The maximum absolute atomic E-state index is 11.2. The second-order valence-electron chi connectivity index (χ2n) is 2.88. The maximum atomic E-state index is 11.2. The Morgan fingerprint density at radius 3 is 2.46 bits per heavy atom. The van der Waals surface area contributed by atoms with E-state index in [4.69, 9.17) is 0 Å². The predicted molar refractivity (Wildman–Crippen MR) is 56.6 cm³/mol. The minimum absolute atomic E-state index is 0.382. The lowest BCUT2D eigenvalue weighted by molar-refractivity contribution is 0.601. The molecule has 4 heteroatoms. The number of aryl methyl sites for hydroxylation is 1. The van der Waals surface area contributed by atoms with Crippen LogP contribution in [0, 0.1) is 0 Å². The van der Waals surface area contributed by atoms with Crippen molar-refractivity contribution in [3.63, 3.8) is 0 Å². The quantitative estimate of drug-likeness (QED) is 0.821. The fraction of sp³-hybridized carbons (Fsp3) is 0.333. The minimum Gasteiger partial charge on any atom is -0.224 e. The molecule has 0 fully saturated rings. The van der Waals surface area contributed by atoms with Crippen LogP contribution in [0.25, 0.3) is 0 Å². The van der Waals surface area contributed by atoms with Crippen LogP contribution in [0.2, 0.25) is 0 Å². The van der Waals surface area contributed by atoms with Crippen molar-refractivity contribution in [2.75, 3.05) is 6.26 Å². The first-order valence-corrected chi connectivity index (χ1v) is 6.62. The van der Waals surface area contributed by atoms with Gasteiger partial charge in [-0.05, 0) is 30.2 Å². The zero-order valence-corrected chi connectivity index (χ0v) is 9.94. The minimum atomic E-state index is -3.07. The third-order valence-electron chi connectivity index (χ3n) is 1.83. The summed E-state index contributed by atoms with van der Waals surface area (Å²) in [6, 6.07) is 5.09. The molecule has 0 heterocycles. The van der Waals surface area contributed by atoms with Crippen molar-refractivity contribution in [2.45, 2.75) is 18.2 Å². The summed E-state index contributed by atoms with van der Waals surface area (Å²) >= 11 is 3.36. The smallest absolute Gasteiger partial charge is 0.175 e.